The minimum Gasteiger partial charge on any atom is -0.399 e. The van der Waals surface area contributed by atoms with E-state index in [0.29, 0.717) is 0 Å². The lowest BCUT2D eigenvalue weighted by atomic mass is 9.79. The lowest BCUT2D eigenvalue weighted by Crippen LogP contribution is -2.41. The summed E-state index contributed by atoms with van der Waals surface area (Å²) in [4.78, 5) is 2.35. The molecular formula is C44H37BN2O2. The summed E-state index contributed by atoms with van der Waals surface area (Å²) in [5.41, 5.74) is 6.92. The molecule has 0 saturated carbocycles. The third-order valence-electron chi connectivity index (χ3n) is 10.6. The van der Waals surface area contributed by atoms with Crippen molar-refractivity contribution in [2.75, 3.05) is 4.90 Å². The highest BCUT2D eigenvalue weighted by Gasteiger charge is 2.51. The Morgan fingerprint density at radius 3 is 1.59 bits per heavy atom. The van der Waals surface area contributed by atoms with E-state index in [-0.39, 0.29) is 0 Å². The zero-order valence-electron chi connectivity index (χ0n) is 28.2. The molecule has 7 aromatic carbocycles. The van der Waals surface area contributed by atoms with Crippen molar-refractivity contribution in [3.05, 3.63) is 152 Å². The van der Waals surface area contributed by atoms with Gasteiger partial charge in [-0.3, -0.25) is 0 Å². The van der Waals surface area contributed by atoms with E-state index in [9.17, 15) is 0 Å². The van der Waals surface area contributed by atoms with Gasteiger partial charge in [-0.1, -0.05) is 91.0 Å². The molecule has 0 unspecified atom stereocenters. The largest absolute Gasteiger partial charge is 0.494 e. The van der Waals surface area contributed by atoms with E-state index >= 15 is 0 Å². The van der Waals surface area contributed by atoms with Gasteiger partial charge in [0.1, 0.15) is 0 Å². The number of benzene rings is 7. The van der Waals surface area contributed by atoms with E-state index in [0.717, 1.165) is 39.2 Å². The molecule has 1 fully saturated rings. The van der Waals surface area contributed by atoms with E-state index in [4.69, 9.17) is 9.31 Å². The molecule has 0 N–H and O–H groups in total. The summed E-state index contributed by atoms with van der Waals surface area (Å²) < 4.78 is 15.3. The number of hydrogen-bond donors (Lipinski definition) is 0. The highest BCUT2D eigenvalue weighted by atomic mass is 16.7. The standard InChI is InChI=1S/C44H37BN2O2/c1-43(2)44(3,4)49-45(48-43)34-19-26-40-39-15-9-10-16-41(39)47(42(40)29-34)36-24-22-35(23-25-36)46(37-20-17-30-11-5-7-13-32(30)27-37)38-21-18-31-12-6-8-14-33(31)28-38/h5-29H,1-4H3. The van der Waals surface area contributed by atoms with Gasteiger partial charge in [0.05, 0.1) is 22.2 Å². The van der Waals surface area contributed by atoms with E-state index in [2.05, 4.69) is 189 Å². The van der Waals surface area contributed by atoms with Crippen molar-refractivity contribution in [1.29, 1.82) is 0 Å². The second-order valence-corrected chi connectivity index (χ2v) is 14.1. The first kappa shape index (κ1) is 29.8. The van der Waals surface area contributed by atoms with Crippen LogP contribution in [0.25, 0.3) is 49.0 Å². The number of rotatable bonds is 5. The monoisotopic (exact) mass is 636 g/mol. The average molecular weight is 637 g/mol. The van der Waals surface area contributed by atoms with Gasteiger partial charge in [0.25, 0.3) is 0 Å². The van der Waals surface area contributed by atoms with Gasteiger partial charge in [-0.2, -0.15) is 0 Å². The molecular weight excluding hydrogens is 599 g/mol. The summed E-state index contributed by atoms with van der Waals surface area (Å²) >= 11 is 0. The van der Waals surface area contributed by atoms with E-state index in [1.54, 1.807) is 0 Å². The van der Waals surface area contributed by atoms with Crippen LogP contribution in [0.3, 0.4) is 0 Å². The number of nitrogens with zero attached hydrogens (tertiary/aromatic N) is 2. The van der Waals surface area contributed by atoms with Crippen LogP contribution in [-0.2, 0) is 9.31 Å². The summed E-state index contributed by atoms with van der Waals surface area (Å²) in [6.45, 7) is 8.40. The van der Waals surface area contributed by atoms with E-state index in [1.165, 1.54) is 32.3 Å². The summed E-state index contributed by atoms with van der Waals surface area (Å²) in [7, 11) is -0.430. The molecule has 1 aliphatic rings. The van der Waals surface area contributed by atoms with Gasteiger partial charge in [-0.25, -0.2) is 0 Å². The Hall–Kier alpha value is -5.36. The Morgan fingerprint density at radius 1 is 0.469 bits per heavy atom. The molecule has 238 valence electrons. The van der Waals surface area contributed by atoms with Crippen LogP contribution in [0.15, 0.2) is 152 Å². The Kier molecular flexibility index (Phi) is 6.74. The van der Waals surface area contributed by atoms with Crippen LogP contribution in [0.4, 0.5) is 17.1 Å². The summed E-state index contributed by atoms with van der Waals surface area (Å²) in [6, 6.07) is 54.7. The highest BCUT2D eigenvalue weighted by molar-refractivity contribution is 6.62. The van der Waals surface area contributed by atoms with Crippen LogP contribution in [0.2, 0.25) is 0 Å². The minimum atomic E-state index is -0.430. The summed E-state index contributed by atoms with van der Waals surface area (Å²) in [6.07, 6.45) is 0. The van der Waals surface area contributed by atoms with Gasteiger partial charge < -0.3 is 18.8 Å². The smallest absolute Gasteiger partial charge is 0.399 e. The Balaban J connectivity index is 1.18. The fourth-order valence-corrected chi connectivity index (χ4v) is 7.22. The maximum Gasteiger partial charge on any atom is 0.494 e. The molecule has 0 radical (unpaired) electrons. The maximum atomic E-state index is 6.46. The molecule has 5 heteroatoms. The zero-order valence-corrected chi connectivity index (χ0v) is 28.2. The van der Waals surface area contributed by atoms with Crippen molar-refractivity contribution < 1.29 is 9.31 Å². The average Bonchev–Trinajstić information content (AvgIpc) is 3.56. The van der Waals surface area contributed by atoms with Gasteiger partial charge in [-0.05, 0) is 115 Å². The van der Waals surface area contributed by atoms with Gasteiger partial charge in [0.15, 0.2) is 0 Å². The molecule has 8 aromatic rings. The van der Waals surface area contributed by atoms with Crippen LogP contribution >= 0.6 is 0 Å². The second-order valence-electron chi connectivity index (χ2n) is 14.1. The molecule has 0 spiro atoms. The molecule has 9 rings (SSSR count). The SMILES string of the molecule is CC1(C)OB(c2ccc3c4ccccc4n(-c4ccc(N(c5ccc6ccccc6c5)c5ccc6ccccc6c5)cc4)c3c2)OC1(C)C. The topological polar surface area (TPSA) is 26.6 Å². The Bertz CT molecular complexity index is 2440. The number of para-hydroxylation sites is 1. The van der Waals surface area contributed by atoms with Crippen LogP contribution in [0.1, 0.15) is 27.7 Å². The minimum absolute atomic E-state index is 0.406. The summed E-state index contributed by atoms with van der Waals surface area (Å²) in [5, 5.41) is 7.30. The lowest BCUT2D eigenvalue weighted by Gasteiger charge is -2.32. The van der Waals surface area contributed by atoms with Gasteiger partial charge in [-0.15, -0.1) is 0 Å². The number of fused-ring (bicyclic) bond motifs is 5. The predicted molar refractivity (Wildman–Crippen MR) is 206 cm³/mol. The first-order valence-electron chi connectivity index (χ1n) is 17.0. The first-order valence-corrected chi connectivity index (χ1v) is 17.0. The Labute approximate surface area is 287 Å². The molecule has 0 bridgehead atoms. The maximum absolute atomic E-state index is 6.46. The fourth-order valence-electron chi connectivity index (χ4n) is 7.22. The zero-order chi connectivity index (χ0) is 33.3. The normalized spacial score (nSPS) is 15.5. The second kappa shape index (κ2) is 11.1. The molecule has 1 aromatic heterocycles. The first-order chi connectivity index (χ1) is 23.8. The van der Waals surface area contributed by atoms with Gasteiger partial charge >= 0.3 is 7.12 Å². The van der Waals surface area contributed by atoms with Crippen LogP contribution < -0.4 is 10.4 Å². The molecule has 1 aliphatic heterocycles. The van der Waals surface area contributed by atoms with Crippen LogP contribution in [0.5, 0.6) is 0 Å². The van der Waals surface area contributed by atoms with Gasteiger partial charge in [0, 0.05) is 33.5 Å². The molecule has 0 atom stereocenters. The summed E-state index contributed by atoms with van der Waals surface area (Å²) in [5.74, 6) is 0. The van der Waals surface area contributed by atoms with E-state index in [1.807, 2.05) is 0 Å². The predicted octanol–water partition coefficient (Wildman–Crippen LogP) is 10.9. The highest BCUT2D eigenvalue weighted by Crippen LogP contribution is 2.40. The Morgan fingerprint density at radius 2 is 0.980 bits per heavy atom. The number of aromatic nitrogens is 1. The number of anilines is 3. The van der Waals surface area contributed by atoms with Crippen LogP contribution in [-0.4, -0.2) is 22.9 Å². The third kappa shape index (κ3) is 4.92. The van der Waals surface area contributed by atoms with Crippen molar-refractivity contribution in [3.63, 3.8) is 0 Å². The lowest BCUT2D eigenvalue weighted by molar-refractivity contribution is 0.00578. The van der Waals surface area contributed by atoms with E-state index < -0.39 is 18.3 Å². The van der Waals surface area contributed by atoms with Crippen molar-refractivity contribution >= 4 is 73.0 Å². The molecule has 1 saturated heterocycles. The fraction of sp³-hybridized carbons (Fsp3) is 0.136. The molecule has 0 aliphatic carbocycles. The number of hydrogen-bond acceptors (Lipinski definition) is 3. The quantitative estimate of drug-likeness (QED) is 0.176. The molecule has 49 heavy (non-hydrogen) atoms. The van der Waals surface area contributed by atoms with Crippen LogP contribution in [0, 0.1) is 0 Å². The molecule has 4 nitrogen and oxygen atoms in total. The van der Waals surface area contributed by atoms with Crippen molar-refractivity contribution in [3.8, 4) is 5.69 Å². The molecule has 2 heterocycles. The van der Waals surface area contributed by atoms with Crippen molar-refractivity contribution in [2.24, 2.45) is 0 Å². The van der Waals surface area contributed by atoms with Gasteiger partial charge in [0.2, 0.25) is 0 Å². The van der Waals surface area contributed by atoms with Crippen molar-refractivity contribution in [1.82, 2.24) is 4.57 Å². The van der Waals surface area contributed by atoms with Crippen molar-refractivity contribution in [2.45, 2.75) is 38.9 Å². The third-order valence-corrected chi connectivity index (χ3v) is 10.6. The molecule has 0 amide bonds.